The molecule has 2 aliphatic rings. The van der Waals surface area contributed by atoms with Gasteiger partial charge in [-0.05, 0) is 13.3 Å². The Hall–Kier alpha value is -2.09. The van der Waals surface area contributed by atoms with Gasteiger partial charge in [0.2, 0.25) is 11.8 Å². The van der Waals surface area contributed by atoms with E-state index in [0.717, 1.165) is 24.2 Å². The van der Waals surface area contributed by atoms with Gasteiger partial charge in [0.25, 0.3) is 0 Å². The van der Waals surface area contributed by atoms with Crippen molar-refractivity contribution in [1.29, 1.82) is 0 Å². The van der Waals surface area contributed by atoms with E-state index in [0.29, 0.717) is 24.7 Å². The number of hydrogen-bond acceptors (Lipinski definition) is 7. The second-order valence-corrected chi connectivity index (χ2v) is 5.61. The van der Waals surface area contributed by atoms with Crippen molar-refractivity contribution in [1.82, 2.24) is 19.7 Å². The van der Waals surface area contributed by atoms with Gasteiger partial charge in [0, 0.05) is 7.05 Å². The van der Waals surface area contributed by atoms with Crippen molar-refractivity contribution < 1.29 is 9.47 Å². The van der Waals surface area contributed by atoms with Crippen LogP contribution in [0.1, 0.15) is 13.3 Å². The van der Waals surface area contributed by atoms with Crippen LogP contribution in [-0.2, 0) is 11.8 Å². The Bertz CT molecular complexity index is 700. The first-order valence-corrected chi connectivity index (χ1v) is 7.14. The molecule has 112 valence electrons. The van der Waals surface area contributed by atoms with E-state index in [1.807, 2.05) is 7.05 Å². The summed E-state index contributed by atoms with van der Waals surface area (Å²) in [5.74, 6) is 1.64. The third-order valence-electron chi connectivity index (χ3n) is 4.11. The number of rotatable bonds is 1. The Morgan fingerprint density at radius 3 is 2.95 bits per heavy atom. The van der Waals surface area contributed by atoms with Crippen molar-refractivity contribution in [2.45, 2.75) is 25.5 Å². The molecule has 21 heavy (non-hydrogen) atoms. The van der Waals surface area contributed by atoms with Gasteiger partial charge >= 0.3 is 0 Å². The summed E-state index contributed by atoms with van der Waals surface area (Å²) >= 11 is 0. The molecular formula is C13H18N6O2. The van der Waals surface area contributed by atoms with E-state index in [-0.39, 0.29) is 18.1 Å². The molecular weight excluding hydrogens is 272 g/mol. The van der Waals surface area contributed by atoms with E-state index in [1.165, 1.54) is 0 Å². The van der Waals surface area contributed by atoms with Crippen LogP contribution in [0.2, 0.25) is 0 Å². The van der Waals surface area contributed by atoms with Gasteiger partial charge in [-0.15, -0.1) is 5.10 Å². The first kappa shape index (κ1) is 12.6. The standard InChI is InChI=1S/C13H18N6O2/c1-7-5-8(6-21-7)19-3-4-20-12-9-10(18(2)17-12)15-13(14)16-11(9)19/h7-8H,3-6H2,1-2H3,(H2,14,15,16). The van der Waals surface area contributed by atoms with Gasteiger partial charge in [-0.25, -0.2) is 4.68 Å². The Labute approximate surface area is 121 Å². The highest BCUT2D eigenvalue weighted by Crippen LogP contribution is 2.36. The molecule has 1 saturated heterocycles. The first-order valence-electron chi connectivity index (χ1n) is 7.14. The monoisotopic (exact) mass is 290 g/mol. The molecule has 4 heterocycles. The molecule has 8 nitrogen and oxygen atoms in total. The lowest BCUT2D eigenvalue weighted by molar-refractivity contribution is 0.123. The van der Waals surface area contributed by atoms with Gasteiger partial charge in [-0.3, -0.25) is 0 Å². The quantitative estimate of drug-likeness (QED) is 0.808. The molecule has 2 aromatic heterocycles. The molecule has 0 saturated carbocycles. The predicted octanol–water partition coefficient (Wildman–Crippen LogP) is 0.322. The van der Waals surface area contributed by atoms with Gasteiger partial charge in [0.1, 0.15) is 17.8 Å². The van der Waals surface area contributed by atoms with Crippen LogP contribution >= 0.6 is 0 Å². The molecule has 2 aromatic rings. The minimum atomic E-state index is 0.255. The number of ether oxygens (including phenoxy) is 2. The molecule has 2 atom stereocenters. The number of nitrogens with zero attached hydrogens (tertiary/aromatic N) is 5. The summed E-state index contributed by atoms with van der Waals surface area (Å²) < 4.78 is 13.1. The maximum absolute atomic E-state index is 5.88. The summed E-state index contributed by atoms with van der Waals surface area (Å²) in [6, 6.07) is 0.284. The highest BCUT2D eigenvalue weighted by molar-refractivity contribution is 5.93. The number of nitrogen functional groups attached to an aromatic ring is 1. The minimum absolute atomic E-state index is 0.255. The van der Waals surface area contributed by atoms with Crippen molar-refractivity contribution in [2.75, 3.05) is 30.4 Å². The van der Waals surface area contributed by atoms with Crippen LogP contribution in [0.4, 0.5) is 11.8 Å². The Balaban J connectivity index is 1.89. The number of aromatic nitrogens is 4. The fourth-order valence-electron chi connectivity index (χ4n) is 3.14. The first-order chi connectivity index (χ1) is 10.1. The second-order valence-electron chi connectivity index (χ2n) is 5.61. The number of nitrogens with two attached hydrogens (primary N) is 1. The minimum Gasteiger partial charge on any atom is -0.474 e. The average molecular weight is 290 g/mol. The second kappa shape index (κ2) is 4.45. The zero-order valence-electron chi connectivity index (χ0n) is 12.1. The van der Waals surface area contributed by atoms with E-state index < -0.39 is 0 Å². The molecule has 0 aliphatic carbocycles. The maximum Gasteiger partial charge on any atom is 0.246 e. The SMILES string of the molecule is CC1CC(N2CCOc3nn(C)c4nc(N)nc2c34)CO1. The third-order valence-corrected chi connectivity index (χ3v) is 4.11. The van der Waals surface area contributed by atoms with Crippen molar-refractivity contribution in [3.05, 3.63) is 0 Å². The Kier molecular flexibility index (Phi) is 2.68. The Morgan fingerprint density at radius 2 is 2.19 bits per heavy atom. The number of hydrogen-bond donors (Lipinski definition) is 1. The van der Waals surface area contributed by atoms with Crippen molar-refractivity contribution in [2.24, 2.45) is 7.05 Å². The molecule has 2 aliphatic heterocycles. The number of anilines is 2. The van der Waals surface area contributed by atoms with E-state index in [1.54, 1.807) is 4.68 Å². The molecule has 1 fully saturated rings. The van der Waals surface area contributed by atoms with Gasteiger partial charge < -0.3 is 20.1 Å². The summed E-state index contributed by atoms with van der Waals surface area (Å²) in [7, 11) is 1.83. The molecule has 2 unspecified atom stereocenters. The van der Waals surface area contributed by atoms with Gasteiger partial charge in [-0.2, -0.15) is 9.97 Å². The predicted molar refractivity (Wildman–Crippen MR) is 77.4 cm³/mol. The van der Waals surface area contributed by atoms with Crippen molar-refractivity contribution >= 4 is 22.8 Å². The highest BCUT2D eigenvalue weighted by atomic mass is 16.5. The van der Waals surface area contributed by atoms with Gasteiger partial charge in [0.05, 0.1) is 25.3 Å². The highest BCUT2D eigenvalue weighted by Gasteiger charge is 2.33. The largest absolute Gasteiger partial charge is 0.474 e. The van der Waals surface area contributed by atoms with Crippen molar-refractivity contribution in [3.63, 3.8) is 0 Å². The van der Waals surface area contributed by atoms with Crippen LogP contribution in [0, 0.1) is 0 Å². The molecule has 0 aromatic carbocycles. The summed E-state index contributed by atoms with van der Waals surface area (Å²) in [5.41, 5.74) is 6.58. The normalized spacial score (nSPS) is 25.1. The lowest BCUT2D eigenvalue weighted by Crippen LogP contribution is -2.39. The maximum atomic E-state index is 5.88. The molecule has 8 heteroatoms. The number of aryl methyl sites for hydroxylation is 1. The van der Waals surface area contributed by atoms with E-state index >= 15 is 0 Å². The van der Waals surface area contributed by atoms with Crippen LogP contribution < -0.4 is 15.4 Å². The fourth-order valence-corrected chi connectivity index (χ4v) is 3.14. The van der Waals surface area contributed by atoms with Crippen LogP contribution in [0.3, 0.4) is 0 Å². The summed E-state index contributed by atoms with van der Waals surface area (Å²) in [6.45, 7) is 4.09. The smallest absolute Gasteiger partial charge is 0.246 e. The van der Waals surface area contributed by atoms with Crippen LogP contribution in [0.5, 0.6) is 5.88 Å². The summed E-state index contributed by atoms with van der Waals surface area (Å²) in [6.07, 6.45) is 1.24. The topological polar surface area (TPSA) is 91.3 Å². The lowest BCUT2D eigenvalue weighted by Gasteiger charge is -2.27. The fraction of sp³-hybridized carbons (Fsp3) is 0.615. The van der Waals surface area contributed by atoms with Gasteiger partial charge in [0.15, 0.2) is 5.65 Å². The van der Waals surface area contributed by atoms with Crippen molar-refractivity contribution in [3.8, 4) is 5.88 Å². The van der Waals surface area contributed by atoms with Crippen LogP contribution in [-0.4, -0.2) is 51.7 Å². The van der Waals surface area contributed by atoms with E-state index in [2.05, 4.69) is 26.9 Å². The zero-order chi connectivity index (χ0) is 14.6. The van der Waals surface area contributed by atoms with E-state index in [9.17, 15) is 0 Å². The molecule has 0 radical (unpaired) electrons. The third kappa shape index (κ3) is 1.90. The van der Waals surface area contributed by atoms with E-state index in [4.69, 9.17) is 15.2 Å². The molecule has 4 rings (SSSR count). The van der Waals surface area contributed by atoms with Crippen LogP contribution in [0.15, 0.2) is 0 Å². The molecule has 0 amide bonds. The molecule has 2 N–H and O–H groups in total. The molecule has 0 bridgehead atoms. The average Bonchev–Trinajstić information content (AvgIpc) is 2.94. The van der Waals surface area contributed by atoms with Crippen LogP contribution in [0.25, 0.3) is 11.0 Å². The zero-order valence-corrected chi connectivity index (χ0v) is 12.1. The Morgan fingerprint density at radius 1 is 1.33 bits per heavy atom. The summed E-state index contributed by atoms with van der Waals surface area (Å²) in [5, 5.41) is 5.21. The molecule has 0 spiro atoms. The summed E-state index contributed by atoms with van der Waals surface area (Å²) in [4.78, 5) is 11.0. The lowest BCUT2D eigenvalue weighted by atomic mass is 10.1. The van der Waals surface area contributed by atoms with Gasteiger partial charge in [-0.1, -0.05) is 0 Å².